The number of hydrogen-bond donors (Lipinski definition) is 1. The monoisotopic (exact) mass is 292 g/mol. The fourth-order valence-corrected chi connectivity index (χ4v) is 3.09. The molecule has 1 N–H and O–H groups in total. The molecule has 1 atom stereocenters. The fourth-order valence-electron chi connectivity index (χ4n) is 3.09. The lowest BCUT2D eigenvalue weighted by atomic mass is 10.0. The van der Waals surface area contributed by atoms with E-state index in [9.17, 15) is 4.79 Å². The Morgan fingerprint density at radius 1 is 1.38 bits per heavy atom. The lowest BCUT2D eigenvalue weighted by Gasteiger charge is -2.35. The summed E-state index contributed by atoms with van der Waals surface area (Å²) in [6.07, 6.45) is 12.1. The number of hydrogen-bond acceptors (Lipinski definition) is 3. The summed E-state index contributed by atoms with van der Waals surface area (Å²) in [5, 5.41) is 3.05. The molecule has 21 heavy (non-hydrogen) atoms. The molecule has 1 aliphatic rings. The van der Waals surface area contributed by atoms with Gasteiger partial charge in [0.05, 0.1) is 6.33 Å². The molecule has 1 aromatic heterocycles. The topological polar surface area (TPSA) is 50.2 Å². The van der Waals surface area contributed by atoms with Crippen LogP contribution in [0, 0.1) is 0 Å². The highest BCUT2D eigenvalue weighted by molar-refractivity contribution is 5.75. The van der Waals surface area contributed by atoms with Gasteiger partial charge in [0.15, 0.2) is 0 Å². The molecule has 0 saturated carbocycles. The molecule has 5 nitrogen and oxygen atoms in total. The van der Waals surface area contributed by atoms with E-state index < -0.39 is 0 Å². The summed E-state index contributed by atoms with van der Waals surface area (Å²) >= 11 is 0. The maximum Gasteiger partial charge on any atom is 0.220 e. The van der Waals surface area contributed by atoms with E-state index in [0.717, 1.165) is 32.1 Å². The average Bonchev–Trinajstić information content (AvgIpc) is 3.01. The lowest BCUT2D eigenvalue weighted by molar-refractivity contribution is -0.121. The van der Waals surface area contributed by atoms with Gasteiger partial charge in [0, 0.05) is 44.5 Å². The average molecular weight is 292 g/mol. The molecule has 0 radical (unpaired) electrons. The number of piperidine rings is 1. The van der Waals surface area contributed by atoms with Crippen molar-refractivity contribution in [1.29, 1.82) is 0 Å². The number of aromatic nitrogens is 2. The summed E-state index contributed by atoms with van der Waals surface area (Å²) in [5.41, 5.74) is 0. The first kappa shape index (κ1) is 16.0. The Balaban J connectivity index is 1.56. The van der Waals surface area contributed by atoms with Crippen LogP contribution in [0.25, 0.3) is 0 Å². The van der Waals surface area contributed by atoms with Crippen LogP contribution in [0.15, 0.2) is 18.7 Å². The van der Waals surface area contributed by atoms with Crippen molar-refractivity contribution in [3.8, 4) is 0 Å². The largest absolute Gasteiger partial charge is 0.355 e. The maximum atomic E-state index is 11.8. The molecule has 0 aliphatic carbocycles. The molecule has 2 heterocycles. The third-order valence-corrected chi connectivity index (χ3v) is 4.32. The Morgan fingerprint density at radius 3 is 3.05 bits per heavy atom. The molecule has 5 heteroatoms. The normalized spacial score (nSPS) is 19.6. The van der Waals surface area contributed by atoms with Crippen LogP contribution in [0.3, 0.4) is 0 Å². The smallest absolute Gasteiger partial charge is 0.220 e. The molecule has 2 rings (SSSR count). The first-order valence-electron chi connectivity index (χ1n) is 8.26. The van der Waals surface area contributed by atoms with E-state index >= 15 is 0 Å². The highest BCUT2D eigenvalue weighted by Gasteiger charge is 2.19. The zero-order valence-corrected chi connectivity index (χ0v) is 13.1. The molecule has 0 unspecified atom stereocenters. The molecule has 0 aromatic carbocycles. The molecular formula is C16H28N4O. The van der Waals surface area contributed by atoms with E-state index in [1.54, 1.807) is 12.5 Å². The second-order valence-electron chi connectivity index (χ2n) is 5.85. The number of likely N-dealkylation sites (tertiary alicyclic amines) is 1. The van der Waals surface area contributed by atoms with Gasteiger partial charge in [0.2, 0.25) is 5.91 Å². The minimum absolute atomic E-state index is 0.167. The zero-order chi connectivity index (χ0) is 14.9. The number of nitrogens with one attached hydrogen (secondary N) is 1. The van der Waals surface area contributed by atoms with E-state index in [4.69, 9.17) is 0 Å². The minimum atomic E-state index is 0.167. The minimum Gasteiger partial charge on any atom is -0.355 e. The molecule has 1 aromatic rings. The van der Waals surface area contributed by atoms with E-state index in [0.29, 0.717) is 6.42 Å². The van der Waals surface area contributed by atoms with Crippen molar-refractivity contribution < 1.29 is 4.79 Å². The quantitative estimate of drug-likeness (QED) is 0.798. The first-order chi connectivity index (χ1) is 10.3. The van der Waals surface area contributed by atoms with Crippen LogP contribution >= 0.6 is 0 Å². The first-order valence-corrected chi connectivity index (χ1v) is 8.26. The molecule has 1 saturated heterocycles. The maximum absolute atomic E-state index is 11.8. The number of nitrogens with zero attached hydrogens (tertiary/aromatic N) is 3. The predicted octanol–water partition coefficient (Wildman–Crippen LogP) is 2.04. The van der Waals surface area contributed by atoms with Gasteiger partial charge < -0.3 is 9.88 Å². The van der Waals surface area contributed by atoms with Crippen molar-refractivity contribution in [3.05, 3.63) is 18.7 Å². The summed E-state index contributed by atoms with van der Waals surface area (Å²) < 4.78 is 2.01. The van der Waals surface area contributed by atoms with Gasteiger partial charge in [-0.15, -0.1) is 0 Å². The SMILES string of the molecule is CC[C@H]1CCCCN1CCNC(=O)CCCn1ccnc1. The number of carbonyl (C=O) groups excluding carboxylic acids is 1. The Kier molecular flexibility index (Phi) is 6.73. The molecule has 0 spiro atoms. The van der Waals surface area contributed by atoms with Gasteiger partial charge in [0.25, 0.3) is 0 Å². The summed E-state index contributed by atoms with van der Waals surface area (Å²) in [7, 11) is 0. The summed E-state index contributed by atoms with van der Waals surface area (Å²) in [6.45, 7) is 6.08. The van der Waals surface area contributed by atoms with Gasteiger partial charge in [-0.3, -0.25) is 9.69 Å². The van der Waals surface area contributed by atoms with Crippen LogP contribution in [0.1, 0.15) is 45.4 Å². The summed E-state index contributed by atoms with van der Waals surface area (Å²) in [5.74, 6) is 0.167. The number of aryl methyl sites for hydroxylation is 1. The van der Waals surface area contributed by atoms with Gasteiger partial charge in [-0.1, -0.05) is 13.3 Å². The number of carbonyl (C=O) groups is 1. The van der Waals surface area contributed by atoms with E-state index in [1.165, 1.54) is 32.2 Å². The van der Waals surface area contributed by atoms with Crippen LogP contribution in [0.5, 0.6) is 0 Å². The van der Waals surface area contributed by atoms with Crippen LogP contribution in [0.4, 0.5) is 0 Å². The predicted molar refractivity (Wildman–Crippen MR) is 84.0 cm³/mol. The molecule has 118 valence electrons. The van der Waals surface area contributed by atoms with Crippen LogP contribution in [0.2, 0.25) is 0 Å². The highest BCUT2D eigenvalue weighted by Crippen LogP contribution is 2.18. The number of rotatable bonds is 8. The second kappa shape index (κ2) is 8.82. The molecule has 1 amide bonds. The molecule has 1 aliphatic heterocycles. The Morgan fingerprint density at radius 2 is 2.29 bits per heavy atom. The Hall–Kier alpha value is -1.36. The Bertz CT molecular complexity index is 404. The van der Waals surface area contributed by atoms with Gasteiger partial charge >= 0.3 is 0 Å². The van der Waals surface area contributed by atoms with Crippen molar-refractivity contribution in [2.24, 2.45) is 0 Å². The van der Waals surface area contributed by atoms with Crippen LogP contribution in [-0.2, 0) is 11.3 Å². The molecule has 1 fully saturated rings. The van der Waals surface area contributed by atoms with Crippen LogP contribution < -0.4 is 5.32 Å². The third-order valence-electron chi connectivity index (χ3n) is 4.32. The number of imidazole rings is 1. The number of amides is 1. The van der Waals surface area contributed by atoms with Crippen molar-refractivity contribution in [2.45, 2.75) is 58.0 Å². The van der Waals surface area contributed by atoms with Gasteiger partial charge in [0.1, 0.15) is 0 Å². The van der Waals surface area contributed by atoms with E-state index in [2.05, 4.69) is 22.1 Å². The summed E-state index contributed by atoms with van der Waals surface area (Å²) in [4.78, 5) is 18.3. The Labute approximate surface area is 127 Å². The van der Waals surface area contributed by atoms with Gasteiger partial charge in [-0.2, -0.15) is 0 Å². The standard InChI is InChI=1S/C16H28N4O/c1-2-15-6-3-4-11-20(15)13-9-18-16(21)7-5-10-19-12-8-17-14-19/h8,12,14-15H,2-7,9-11,13H2,1H3,(H,18,21)/t15-/m0/s1. The molecular weight excluding hydrogens is 264 g/mol. The second-order valence-corrected chi connectivity index (χ2v) is 5.85. The van der Waals surface area contributed by atoms with Crippen molar-refractivity contribution in [1.82, 2.24) is 19.8 Å². The van der Waals surface area contributed by atoms with Crippen LogP contribution in [-0.4, -0.2) is 46.0 Å². The van der Waals surface area contributed by atoms with Crippen molar-refractivity contribution in [2.75, 3.05) is 19.6 Å². The van der Waals surface area contributed by atoms with Crippen molar-refractivity contribution in [3.63, 3.8) is 0 Å². The van der Waals surface area contributed by atoms with E-state index in [-0.39, 0.29) is 5.91 Å². The third kappa shape index (κ3) is 5.50. The van der Waals surface area contributed by atoms with E-state index in [1.807, 2.05) is 10.8 Å². The van der Waals surface area contributed by atoms with Gasteiger partial charge in [-0.25, -0.2) is 4.98 Å². The fraction of sp³-hybridized carbons (Fsp3) is 0.750. The lowest BCUT2D eigenvalue weighted by Crippen LogP contribution is -2.43. The molecule has 0 bridgehead atoms. The summed E-state index contributed by atoms with van der Waals surface area (Å²) in [6, 6.07) is 0.719. The highest BCUT2D eigenvalue weighted by atomic mass is 16.1. The zero-order valence-electron chi connectivity index (χ0n) is 13.1. The van der Waals surface area contributed by atoms with Crippen molar-refractivity contribution >= 4 is 5.91 Å². The van der Waals surface area contributed by atoms with Gasteiger partial charge in [-0.05, 0) is 32.2 Å².